The quantitative estimate of drug-likeness (QED) is 0.377. The molecule has 3 rings (SSSR count). The molecule has 1 atom stereocenters. The number of rotatable bonds is 8. The number of aliphatic hydroxyl groups is 1. The Balaban J connectivity index is 1.77. The minimum absolute atomic E-state index is 0.0547. The predicted octanol–water partition coefficient (Wildman–Crippen LogP) is 2.90. The first kappa shape index (κ1) is 22.6. The monoisotopic (exact) mass is 465 g/mol. The number of aromatic hydroxyl groups is 1. The third-order valence-electron chi connectivity index (χ3n) is 4.22. The van der Waals surface area contributed by atoms with Gasteiger partial charge in [-0.15, -0.1) is 0 Å². The zero-order chi connectivity index (χ0) is 22.5. The molecule has 1 amide bonds. The highest BCUT2D eigenvalue weighted by atomic mass is 35.5. The summed E-state index contributed by atoms with van der Waals surface area (Å²) in [6.45, 7) is -0.338. The van der Waals surface area contributed by atoms with E-state index in [1.807, 2.05) is 0 Å². The van der Waals surface area contributed by atoms with Crippen LogP contribution in [0.15, 0.2) is 48.7 Å². The number of carboxylic acids is 1. The van der Waals surface area contributed by atoms with Crippen molar-refractivity contribution >= 4 is 34.8 Å². The number of amides is 1. The Kier molecular flexibility index (Phi) is 7.18. The molecule has 31 heavy (non-hydrogen) atoms. The van der Waals surface area contributed by atoms with Crippen molar-refractivity contribution in [3.63, 3.8) is 0 Å². The lowest BCUT2D eigenvalue weighted by molar-refractivity contribution is -0.148. The van der Waals surface area contributed by atoms with Crippen LogP contribution in [0.1, 0.15) is 15.2 Å². The van der Waals surface area contributed by atoms with Crippen molar-refractivity contribution in [2.24, 2.45) is 0 Å². The lowest BCUT2D eigenvalue weighted by atomic mass is 10.0. The van der Waals surface area contributed by atoms with Crippen LogP contribution in [0.2, 0.25) is 5.02 Å². The van der Waals surface area contributed by atoms with Gasteiger partial charge in [-0.1, -0.05) is 47.2 Å². The molecule has 0 fully saturated rings. The van der Waals surface area contributed by atoms with Gasteiger partial charge in [0.1, 0.15) is 10.7 Å². The molecule has 0 aliphatic heterocycles. The number of aromatic nitrogens is 1. The molecule has 1 aromatic heterocycles. The Bertz CT molecular complexity index is 1090. The maximum atomic E-state index is 14.1. The lowest BCUT2D eigenvalue weighted by Crippen LogP contribution is -2.47. The molecule has 0 radical (unpaired) electrons. The number of hydrogen-bond acceptors (Lipinski definition) is 7. The molecule has 2 aromatic carbocycles. The fourth-order valence-corrected chi connectivity index (χ4v) is 3.45. The molecule has 3 aromatic rings. The number of halogens is 2. The molecule has 11 heteroatoms. The van der Waals surface area contributed by atoms with E-state index in [0.29, 0.717) is 21.7 Å². The number of benzene rings is 2. The number of carboxylic acid groups (broad SMARTS) is 1. The fraction of sp³-hybridized carbons (Fsp3) is 0.150. The summed E-state index contributed by atoms with van der Waals surface area (Å²) < 4.78 is 14.1. The van der Waals surface area contributed by atoms with Crippen molar-refractivity contribution in [3.8, 4) is 16.3 Å². The van der Waals surface area contributed by atoms with Gasteiger partial charge in [-0.2, -0.15) is 0 Å². The molecular formula is C20H17ClFN3O5S. The Labute approximate surface area is 185 Å². The van der Waals surface area contributed by atoms with Crippen molar-refractivity contribution in [1.29, 1.82) is 0 Å². The average molecular weight is 466 g/mol. The van der Waals surface area contributed by atoms with Crippen LogP contribution in [0.25, 0.3) is 11.1 Å². The zero-order valence-corrected chi connectivity index (χ0v) is 17.4. The van der Waals surface area contributed by atoms with Gasteiger partial charge in [0.15, 0.2) is 6.10 Å². The number of thiazole rings is 1. The SMILES string of the molecule is O=C(NN(Cc1ccc(-c2cc(Cl)ccc2F)cc1)C[C@@H](O)C(=O)O)c1cnc(O)s1. The topological polar surface area (TPSA) is 123 Å². The number of hydrogen-bond donors (Lipinski definition) is 4. The van der Waals surface area contributed by atoms with E-state index >= 15 is 0 Å². The average Bonchev–Trinajstić information content (AvgIpc) is 3.17. The van der Waals surface area contributed by atoms with Crippen LogP contribution < -0.4 is 5.43 Å². The summed E-state index contributed by atoms with van der Waals surface area (Å²) in [6, 6.07) is 10.9. The summed E-state index contributed by atoms with van der Waals surface area (Å²) in [6.07, 6.45) is -0.565. The van der Waals surface area contributed by atoms with Crippen molar-refractivity contribution in [1.82, 2.24) is 15.4 Å². The minimum Gasteiger partial charge on any atom is -0.486 e. The standard InChI is InChI=1S/C20H17ClFN3O5S/c21-13-5-6-15(22)14(7-13)12-3-1-11(2-4-12)9-25(10-16(26)19(28)29)24-18(27)17-8-23-20(30)31-17/h1-8,16,26H,9-10H2,(H,23,30)(H,24,27)(H,28,29)/t16-/m1/s1. The number of hydrazine groups is 1. The Morgan fingerprint density at radius 2 is 1.94 bits per heavy atom. The summed E-state index contributed by atoms with van der Waals surface area (Å²) in [7, 11) is 0. The van der Waals surface area contributed by atoms with Gasteiger partial charge in [0.05, 0.1) is 12.7 Å². The van der Waals surface area contributed by atoms with Gasteiger partial charge in [-0.25, -0.2) is 19.2 Å². The summed E-state index contributed by atoms with van der Waals surface area (Å²) in [4.78, 5) is 27.1. The first-order valence-electron chi connectivity index (χ1n) is 8.89. The predicted molar refractivity (Wildman–Crippen MR) is 112 cm³/mol. The number of aliphatic hydroxyl groups excluding tert-OH is 1. The number of nitrogens with one attached hydrogen (secondary N) is 1. The van der Waals surface area contributed by atoms with Crippen LogP contribution in [0.5, 0.6) is 5.19 Å². The van der Waals surface area contributed by atoms with Crippen molar-refractivity contribution in [2.75, 3.05) is 6.54 Å². The van der Waals surface area contributed by atoms with E-state index in [4.69, 9.17) is 16.7 Å². The van der Waals surface area contributed by atoms with Crippen LogP contribution in [0.3, 0.4) is 0 Å². The van der Waals surface area contributed by atoms with Gasteiger partial charge in [0.2, 0.25) is 0 Å². The van der Waals surface area contributed by atoms with Crippen molar-refractivity contribution < 1.29 is 29.3 Å². The van der Waals surface area contributed by atoms with Crippen LogP contribution >= 0.6 is 22.9 Å². The highest BCUT2D eigenvalue weighted by molar-refractivity contribution is 7.15. The van der Waals surface area contributed by atoms with E-state index < -0.39 is 30.3 Å². The highest BCUT2D eigenvalue weighted by Crippen LogP contribution is 2.26. The van der Waals surface area contributed by atoms with E-state index in [-0.39, 0.29) is 16.6 Å². The molecule has 0 saturated heterocycles. The van der Waals surface area contributed by atoms with Gasteiger partial charge in [-0.05, 0) is 29.3 Å². The molecule has 4 N–H and O–H groups in total. The van der Waals surface area contributed by atoms with E-state index in [1.54, 1.807) is 24.3 Å². The molecule has 1 heterocycles. The summed E-state index contributed by atoms with van der Waals surface area (Å²) in [5.74, 6) is -2.49. The summed E-state index contributed by atoms with van der Waals surface area (Å²) >= 11 is 6.69. The molecule has 162 valence electrons. The summed E-state index contributed by atoms with van der Waals surface area (Å²) in [5.41, 5.74) is 4.08. The molecule has 0 bridgehead atoms. The maximum absolute atomic E-state index is 14.1. The second-order valence-corrected chi connectivity index (χ2v) is 7.95. The lowest BCUT2D eigenvalue weighted by Gasteiger charge is -2.24. The second-order valence-electron chi connectivity index (χ2n) is 6.50. The number of carbonyl (C=O) groups excluding carboxylic acids is 1. The van der Waals surface area contributed by atoms with Crippen LogP contribution in [-0.4, -0.2) is 49.8 Å². The fourth-order valence-electron chi connectivity index (χ4n) is 2.73. The van der Waals surface area contributed by atoms with E-state index in [9.17, 15) is 24.2 Å². The maximum Gasteiger partial charge on any atom is 0.333 e. The molecule has 8 nitrogen and oxygen atoms in total. The molecule has 0 unspecified atom stereocenters. The first-order valence-corrected chi connectivity index (χ1v) is 10.1. The third kappa shape index (κ3) is 5.98. The van der Waals surface area contributed by atoms with Gasteiger partial charge < -0.3 is 15.3 Å². The van der Waals surface area contributed by atoms with Crippen molar-refractivity contribution in [3.05, 3.63) is 69.9 Å². The number of carbonyl (C=O) groups is 2. The zero-order valence-electron chi connectivity index (χ0n) is 15.8. The van der Waals surface area contributed by atoms with Gasteiger partial charge in [0, 0.05) is 17.1 Å². The largest absolute Gasteiger partial charge is 0.486 e. The molecule has 0 aliphatic carbocycles. The van der Waals surface area contributed by atoms with E-state index in [1.165, 1.54) is 29.4 Å². The normalized spacial score (nSPS) is 12.0. The molecule has 0 aliphatic rings. The van der Waals surface area contributed by atoms with E-state index in [2.05, 4.69) is 10.4 Å². The van der Waals surface area contributed by atoms with Crippen LogP contribution in [0, 0.1) is 5.82 Å². The summed E-state index contributed by atoms with van der Waals surface area (Å²) in [5, 5.41) is 29.3. The molecular weight excluding hydrogens is 449 g/mol. The Morgan fingerprint density at radius 1 is 1.23 bits per heavy atom. The van der Waals surface area contributed by atoms with Gasteiger partial charge in [0.25, 0.3) is 11.1 Å². The Hall–Kier alpha value is -3.05. The van der Waals surface area contributed by atoms with E-state index in [0.717, 1.165) is 11.3 Å². The molecule has 0 saturated carbocycles. The Morgan fingerprint density at radius 3 is 2.55 bits per heavy atom. The smallest absolute Gasteiger partial charge is 0.333 e. The third-order valence-corrected chi connectivity index (χ3v) is 5.26. The first-order chi connectivity index (χ1) is 14.7. The number of aliphatic carboxylic acids is 1. The second kappa shape index (κ2) is 9.84. The van der Waals surface area contributed by atoms with Gasteiger partial charge in [-0.3, -0.25) is 10.2 Å². The van der Waals surface area contributed by atoms with Crippen LogP contribution in [-0.2, 0) is 11.3 Å². The number of nitrogens with zero attached hydrogens (tertiary/aromatic N) is 2. The molecule has 0 spiro atoms. The minimum atomic E-state index is -1.74. The van der Waals surface area contributed by atoms with Crippen LogP contribution in [0.4, 0.5) is 4.39 Å². The van der Waals surface area contributed by atoms with Crippen molar-refractivity contribution in [2.45, 2.75) is 12.6 Å². The van der Waals surface area contributed by atoms with Gasteiger partial charge >= 0.3 is 5.97 Å². The highest BCUT2D eigenvalue weighted by Gasteiger charge is 2.21.